The van der Waals surface area contributed by atoms with Gasteiger partial charge in [0.2, 0.25) is 0 Å². The van der Waals surface area contributed by atoms with Crippen molar-refractivity contribution in [3.8, 4) is 0 Å². The summed E-state index contributed by atoms with van der Waals surface area (Å²) in [5.41, 5.74) is 1.71. The lowest BCUT2D eigenvalue weighted by atomic mass is 10.1. The van der Waals surface area contributed by atoms with Crippen LogP contribution < -0.4 is 10.6 Å². The van der Waals surface area contributed by atoms with Gasteiger partial charge in [-0.25, -0.2) is 13.2 Å². The number of rotatable bonds is 13. The minimum atomic E-state index is -3.61. The van der Waals surface area contributed by atoms with Crippen LogP contribution in [0.25, 0.3) is 0 Å². The summed E-state index contributed by atoms with van der Waals surface area (Å²) in [4.78, 5) is 28.9. The molecule has 1 aliphatic heterocycles. The number of Topliss-reactive ketones (excluding diaryl/α,β-unsaturated/α-hetero) is 1. The van der Waals surface area contributed by atoms with Gasteiger partial charge in [0.15, 0.2) is 9.84 Å². The summed E-state index contributed by atoms with van der Waals surface area (Å²) in [7, 11) is -3.61. The molecule has 1 aliphatic rings. The molecule has 1 amide bonds. The van der Waals surface area contributed by atoms with Gasteiger partial charge in [0.25, 0.3) is 0 Å². The fourth-order valence-corrected chi connectivity index (χ4v) is 5.61. The summed E-state index contributed by atoms with van der Waals surface area (Å²) in [6.07, 6.45) is 0.676. The molecule has 194 valence electrons. The minimum Gasteiger partial charge on any atom is -0.465 e. The van der Waals surface area contributed by atoms with E-state index in [1.807, 2.05) is 24.3 Å². The average Bonchev–Trinajstić information content (AvgIpc) is 3.34. The third-order valence-electron chi connectivity index (χ3n) is 5.54. The first-order valence-electron chi connectivity index (χ1n) is 11.4. The molecule has 0 atom stereocenters. The van der Waals surface area contributed by atoms with E-state index in [0.29, 0.717) is 51.3 Å². The number of carbonyl (C=O) groups excluding carboxylic acids is 1. The SMILES string of the molecule is O=C(CCCCNCS(=O)(=O)c1cccc(Cl)c1Cl)CNCc1ccc(C2=NCCN2C(=O)O)cc1. The number of hydrogen-bond acceptors (Lipinski definition) is 7. The van der Waals surface area contributed by atoms with E-state index in [1.165, 1.54) is 23.1 Å². The number of amidine groups is 1. The highest BCUT2D eigenvalue weighted by molar-refractivity contribution is 7.91. The van der Waals surface area contributed by atoms with Gasteiger partial charge < -0.3 is 15.7 Å². The molecule has 36 heavy (non-hydrogen) atoms. The van der Waals surface area contributed by atoms with Crippen molar-refractivity contribution in [2.45, 2.75) is 30.7 Å². The number of nitrogens with one attached hydrogen (secondary N) is 2. The number of nitrogens with zero attached hydrogens (tertiary/aromatic N) is 2. The van der Waals surface area contributed by atoms with Crippen LogP contribution in [-0.4, -0.2) is 68.2 Å². The number of sulfone groups is 1. The van der Waals surface area contributed by atoms with Crippen molar-refractivity contribution in [2.75, 3.05) is 32.1 Å². The van der Waals surface area contributed by atoms with Gasteiger partial charge >= 0.3 is 6.09 Å². The zero-order chi connectivity index (χ0) is 26.1. The van der Waals surface area contributed by atoms with Crippen LogP contribution in [0.5, 0.6) is 0 Å². The first kappa shape index (κ1) is 28.1. The highest BCUT2D eigenvalue weighted by atomic mass is 35.5. The van der Waals surface area contributed by atoms with Crippen LogP contribution in [-0.2, 0) is 21.2 Å². The molecule has 0 bridgehead atoms. The van der Waals surface area contributed by atoms with Crippen LogP contribution in [0.4, 0.5) is 4.79 Å². The molecular weight excluding hydrogens is 527 g/mol. The molecule has 2 aromatic rings. The van der Waals surface area contributed by atoms with Crippen LogP contribution in [0.2, 0.25) is 10.0 Å². The topological polar surface area (TPSA) is 128 Å². The van der Waals surface area contributed by atoms with Crippen molar-refractivity contribution in [3.63, 3.8) is 0 Å². The molecule has 0 radical (unpaired) electrons. The van der Waals surface area contributed by atoms with Gasteiger partial charge in [-0.1, -0.05) is 53.5 Å². The number of aliphatic imine (C=N–C) groups is 1. The van der Waals surface area contributed by atoms with Crippen molar-refractivity contribution in [2.24, 2.45) is 4.99 Å². The normalized spacial score (nSPS) is 13.6. The monoisotopic (exact) mass is 554 g/mol. The Morgan fingerprint density at radius 2 is 1.81 bits per heavy atom. The summed E-state index contributed by atoms with van der Waals surface area (Å²) in [5, 5.41) is 15.4. The van der Waals surface area contributed by atoms with E-state index in [0.717, 1.165) is 11.1 Å². The number of carbonyl (C=O) groups is 2. The molecule has 3 N–H and O–H groups in total. The van der Waals surface area contributed by atoms with Gasteiger partial charge in [-0.15, -0.1) is 0 Å². The summed E-state index contributed by atoms with van der Waals surface area (Å²) in [6, 6.07) is 11.9. The molecule has 12 heteroatoms. The number of hydrogen-bond donors (Lipinski definition) is 3. The molecule has 0 saturated carbocycles. The van der Waals surface area contributed by atoms with Crippen LogP contribution in [0.1, 0.15) is 30.4 Å². The van der Waals surface area contributed by atoms with Crippen molar-refractivity contribution in [1.29, 1.82) is 0 Å². The van der Waals surface area contributed by atoms with Crippen molar-refractivity contribution >= 4 is 50.8 Å². The first-order valence-corrected chi connectivity index (χ1v) is 13.8. The van der Waals surface area contributed by atoms with E-state index >= 15 is 0 Å². The summed E-state index contributed by atoms with van der Waals surface area (Å²) in [5.74, 6) is 0.267. The second-order valence-electron chi connectivity index (χ2n) is 8.25. The molecule has 0 saturated heterocycles. The third kappa shape index (κ3) is 7.75. The molecule has 0 aromatic heterocycles. The Labute approximate surface area is 220 Å². The number of ketones is 1. The Morgan fingerprint density at radius 3 is 2.53 bits per heavy atom. The van der Waals surface area contributed by atoms with E-state index in [1.54, 1.807) is 0 Å². The van der Waals surface area contributed by atoms with E-state index in [9.17, 15) is 23.1 Å². The van der Waals surface area contributed by atoms with Gasteiger partial charge in [-0.05, 0) is 37.1 Å². The quantitative estimate of drug-likeness (QED) is 0.323. The largest absolute Gasteiger partial charge is 0.465 e. The van der Waals surface area contributed by atoms with Crippen LogP contribution in [0, 0.1) is 0 Å². The Balaban J connectivity index is 1.30. The molecule has 1 heterocycles. The molecule has 0 unspecified atom stereocenters. The average molecular weight is 555 g/mol. The number of halogens is 2. The van der Waals surface area contributed by atoms with Crippen LogP contribution in [0.3, 0.4) is 0 Å². The van der Waals surface area contributed by atoms with Crippen LogP contribution in [0.15, 0.2) is 52.4 Å². The number of carboxylic acid groups (broad SMARTS) is 1. The van der Waals surface area contributed by atoms with Gasteiger partial charge in [-0.2, -0.15) is 0 Å². The predicted octanol–water partition coefficient (Wildman–Crippen LogP) is 3.58. The predicted molar refractivity (Wildman–Crippen MR) is 140 cm³/mol. The highest BCUT2D eigenvalue weighted by Gasteiger charge is 2.24. The Morgan fingerprint density at radius 1 is 1.06 bits per heavy atom. The number of amides is 1. The summed E-state index contributed by atoms with van der Waals surface area (Å²) in [6.45, 7) is 2.02. The molecule has 0 aliphatic carbocycles. The Hall–Kier alpha value is -2.50. The van der Waals surface area contributed by atoms with Gasteiger partial charge in [-0.3, -0.25) is 14.7 Å². The molecule has 3 rings (SSSR count). The zero-order valence-electron chi connectivity index (χ0n) is 19.5. The third-order valence-corrected chi connectivity index (χ3v) is 8.06. The second kappa shape index (κ2) is 13.2. The fourth-order valence-electron chi connectivity index (χ4n) is 3.67. The van der Waals surface area contributed by atoms with E-state index < -0.39 is 15.9 Å². The highest BCUT2D eigenvalue weighted by Crippen LogP contribution is 2.29. The molecule has 2 aromatic carbocycles. The van der Waals surface area contributed by atoms with Crippen molar-refractivity contribution < 1.29 is 23.1 Å². The lowest BCUT2D eigenvalue weighted by Crippen LogP contribution is -2.33. The fraction of sp³-hybridized carbons (Fsp3) is 0.375. The van der Waals surface area contributed by atoms with Crippen LogP contribution >= 0.6 is 23.2 Å². The number of unbranched alkanes of at least 4 members (excludes halogenated alkanes) is 1. The smallest absolute Gasteiger partial charge is 0.413 e. The zero-order valence-corrected chi connectivity index (χ0v) is 21.9. The van der Waals surface area contributed by atoms with Gasteiger partial charge in [0.1, 0.15) is 17.5 Å². The summed E-state index contributed by atoms with van der Waals surface area (Å²) >= 11 is 11.9. The molecule has 9 nitrogen and oxygen atoms in total. The molecule has 0 fully saturated rings. The van der Waals surface area contributed by atoms with E-state index in [-0.39, 0.29) is 33.1 Å². The van der Waals surface area contributed by atoms with Gasteiger partial charge in [0, 0.05) is 18.5 Å². The lowest BCUT2D eigenvalue weighted by molar-refractivity contribution is -0.118. The van der Waals surface area contributed by atoms with Gasteiger partial charge in [0.05, 0.1) is 34.6 Å². The maximum atomic E-state index is 12.4. The van der Waals surface area contributed by atoms with Crippen molar-refractivity contribution in [3.05, 3.63) is 63.6 Å². The lowest BCUT2D eigenvalue weighted by Gasteiger charge is -2.14. The Kier molecular flexibility index (Phi) is 10.3. The standard InChI is InChI=1S/C24H28Cl2N4O5S/c25-20-5-3-6-21(22(20)26)36(34,35)16-27-11-2-1-4-19(31)15-28-14-17-7-9-18(10-8-17)23-29-12-13-30(23)24(32)33/h3,5-10,27-28H,1-2,4,11-16H2,(H,32,33). The van der Waals surface area contributed by atoms with E-state index in [4.69, 9.17) is 23.2 Å². The minimum absolute atomic E-state index is 0.00502. The maximum absolute atomic E-state index is 12.4. The van der Waals surface area contributed by atoms with Crippen molar-refractivity contribution in [1.82, 2.24) is 15.5 Å². The van der Waals surface area contributed by atoms with E-state index in [2.05, 4.69) is 15.6 Å². The first-order chi connectivity index (χ1) is 17.2. The second-order valence-corrected chi connectivity index (χ2v) is 11.0. The summed E-state index contributed by atoms with van der Waals surface area (Å²) < 4.78 is 24.8. The maximum Gasteiger partial charge on any atom is 0.413 e. The Bertz CT molecular complexity index is 1220. The molecule has 0 spiro atoms. The number of benzene rings is 2. The molecular formula is C24H28Cl2N4O5S.